The molecule has 1 aliphatic heterocycles. The second-order valence-corrected chi connectivity index (χ2v) is 8.93. The van der Waals surface area contributed by atoms with Gasteiger partial charge in [-0.25, -0.2) is 9.37 Å². The lowest BCUT2D eigenvalue weighted by molar-refractivity contribution is -0.120. The fourth-order valence-corrected chi connectivity index (χ4v) is 4.80. The summed E-state index contributed by atoms with van der Waals surface area (Å²) in [5.74, 6) is -0.341. The van der Waals surface area contributed by atoms with Crippen LogP contribution >= 0.6 is 11.3 Å². The van der Waals surface area contributed by atoms with Crippen LogP contribution in [0, 0.1) is 5.82 Å². The number of hydrogen-bond acceptors (Lipinski definition) is 4. The fourth-order valence-electron chi connectivity index (χ4n) is 3.98. The first kappa shape index (κ1) is 21.7. The summed E-state index contributed by atoms with van der Waals surface area (Å²) in [6.45, 7) is 3.76. The van der Waals surface area contributed by atoms with Crippen molar-refractivity contribution >= 4 is 17.2 Å². The Morgan fingerprint density at radius 1 is 1.03 bits per heavy atom. The third kappa shape index (κ3) is 6.21. The largest absolute Gasteiger partial charge is 0.352 e. The zero-order valence-electron chi connectivity index (χ0n) is 17.6. The van der Waals surface area contributed by atoms with Crippen LogP contribution in [-0.2, 0) is 24.3 Å². The average Bonchev–Trinajstić information content (AvgIpc) is 3.08. The van der Waals surface area contributed by atoms with Crippen molar-refractivity contribution in [1.29, 1.82) is 0 Å². The molecule has 0 atom stereocenters. The van der Waals surface area contributed by atoms with Gasteiger partial charge in [-0.3, -0.25) is 9.69 Å². The van der Waals surface area contributed by atoms with Crippen molar-refractivity contribution < 1.29 is 9.18 Å². The first-order valence-electron chi connectivity index (χ1n) is 10.9. The summed E-state index contributed by atoms with van der Waals surface area (Å²) in [6.07, 6.45) is 5.41. The maximum Gasteiger partial charge on any atom is 0.226 e. The molecule has 2 heterocycles. The Hall–Kier alpha value is -2.57. The number of thiazole rings is 1. The maximum absolute atomic E-state index is 13.4. The van der Waals surface area contributed by atoms with Gasteiger partial charge in [-0.05, 0) is 49.2 Å². The smallest absolute Gasteiger partial charge is 0.226 e. The predicted molar refractivity (Wildman–Crippen MR) is 123 cm³/mol. The topological polar surface area (TPSA) is 45.2 Å². The molecule has 0 saturated carbocycles. The van der Waals surface area contributed by atoms with Gasteiger partial charge in [-0.15, -0.1) is 11.3 Å². The number of hydrogen-bond donors (Lipinski definition) is 1. The zero-order chi connectivity index (χ0) is 21.5. The summed E-state index contributed by atoms with van der Waals surface area (Å²) < 4.78 is 13.4. The van der Waals surface area contributed by atoms with Crippen molar-refractivity contribution in [1.82, 2.24) is 15.2 Å². The van der Waals surface area contributed by atoms with E-state index in [1.165, 1.54) is 60.3 Å². The van der Waals surface area contributed by atoms with E-state index >= 15 is 0 Å². The van der Waals surface area contributed by atoms with Crippen LogP contribution in [0.3, 0.4) is 0 Å². The Labute approximate surface area is 187 Å². The van der Waals surface area contributed by atoms with Crippen LogP contribution in [0.2, 0.25) is 0 Å². The van der Waals surface area contributed by atoms with E-state index in [9.17, 15) is 9.18 Å². The molecule has 1 amide bonds. The van der Waals surface area contributed by atoms with Crippen molar-refractivity contribution in [2.24, 2.45) is 0 Å². The Morgan fingerprint density at radius 2 is 1.81 bits per heavy atom. The molecule has 1 fully saturated rings. The van der Waals surface area contributed by atoms with Crippen molar-refractivity contribution in [2.75, 3.05) is 13.1 Å². The minimum atomic E-state index is -0.286. The summed E-state index contributed by atoms with van der Waals surface area (Å²) in [5.41, 5.74) is 3.89. The molecule has 0 unspecified atom stereocenters. The standard InChI is InChI=1S/C25H28FN3OS/c26-22-11-7-10-19(14-22)25-28-23(18-31-25)15-24(30)27-16-20-8-3-4-9-21(20)17-29-12-5-1-2-6-13-29/h3-4,7-11,14,18H,1-2,5-6,12-13,15-17H2,(H,27,30). The highest BCUT2D eigenvalue weighted by atomic mass is 32.1. The molecule has 6 heteroatoms. The van der Waals surface area contributed by atoms with Gasteiger partial charge in [0.15, 0.2) is 0 Å². The third-order valence-corrected chi connectivity index (χ3v) is 6.59. The van der Waals surface area contributed by atoms with E-state index in [0.29, 0.717) is 12.2 Å². The molecule has 0 radical (unpaired) electrons. The molecular weight excluding hydrogens is 409 g/mol. The van der Waals surface area contributed by atoms with E-state index in [0.717, 1.165) is 30.2 Å². The summed E-state index contributed by atoms with van der Waals surface area (Å²) in [5, 5.41) is 5.64. The average molecular weight is 438 g/mol. The Bertz CT molecular complexity index is 1010. The van der Waals surface area contributed by atoms with E-state index in [1.54, 1.807) is 6.07 Å². The van der Waals surface area contributed by atoms with E-state index in [2.05, 4.69) is 33.4 Å². The molecule has 1 aliphatic rings. The highest BCUT2D eigenvalue weighted by Gasteiger charge is 2.13. The Kier molecular flexibility index (Phi) is 7.43. The van der Waals surface area contributed by atoms with Gasteiger partial charge in [0, 0.05) is 24.0 Å². The SMILES string of the molecule is O=C(Cc1csc(-c2cccc(F)c2)n1)NCc1ccccc1CN1CCCCCC1. The van der Waals surface area contributed by atoms with Gasteiger partial charge in [0.05, 0.1) is 12.1 Å². The van der Waals surface area contributed by atoms with Gasteiger partial charge in [0.25, 0.3) is 0 Å². The van der Waals surface area contributed by atoms with Crippen LogP contribution in [0.1, 0.15) is 42.5 Å². The number of carbonyl (C=O) groups is 1. The zero-order valence-corrected chi connectivity index (χ0v) is 18.5. The number of likely N-dealkylation sites (tertiary alicyclic amines) is 1. The molecule has 162 valence electrons. The minimum Gasteiger partial charge on any atom is -0.352 e. The van der Waals surface area contributed by atoms with Crippen molar-refractivity contribution in [2.45, 2.75) is 45.2 Å². The van der Waals surface area contributed by atoms with Crippen LogP contribution < -0.4 is 5.32 Å². The second-order valence-electron chi connectivity index (χ2n) is 8.07. The lowest BCUT2D eigenvalue weighted by Gasteiger charge is -2.21. The lowest BCUT2D eigenvalue weighted by atomic mass is 10.1. The van der Waals surface area contributed by atoms with Gasteiger partial charge in [0.1, 0.15) is 10.8 Å². The van der Waals surface area contributed by atoms with E-state index < -0.39 is 0 Å². The molecular formula is C25H28FN3OS. The number of halogens is 1. The number of rotatable bonds is 7. The molecule has 3 aromatic rings. The van der Waals surface area contributed by atoms with Crippen LogP contribution in [-0.4, -0.2) is 28.9 Å². The van der Waals surface area contributed by atoms with Gasteiger partial charge in [-0.1, -0.05) is 49.2 Å². The number of nitrogens with zero attached hydrogens (tertiary/aromatic N) is 2. The number of nitrogens with one attached hydrogen (secondary N) is 1. The first-order chi connectivity index (χ1) is 15.2. The molecule has 0 spiro atoms. The van der Waals surface area contributed by atoms with Gasteiger partial charge in [-0.2, -0.15) is 0 Å². The van der Waals surface area contributed by atoms with E-state index in [1.807, 2.05) is 17.5 Å². The number of benzene rings is 2. The molecule has 4 rings (SSSR count). The molecule has 2 aromatic carbocycles. The monoisotopic (exact) mass is 437 g/mol. The summed E-state index contributed by atoms with van der Waals surface area (Å²) in [4.78, 5) is 19.5. The molecule has 31 heavy (non-hydrogen) atoms. The normalized spacial score (nSPS) is 14.9. The number of carbonyl (C=O) groups excluding carboxylic acids is 1. The fraction of sp³-hybridized carbons (Fsp3) is 0.360. The molecule has 0 bridgehead atoms. The van der Waals surface area contributed by atoms with Crippen LogP contribution in [0.25, 0.3) is 10.6 Å². The van der Waals surface area contributed by atoms with Crippen molar-refractivity contribution in [3.63, 3.8) is 0 Å². The number of amides is 1. The van der Waals surface area contributed by atoms with Gasteiger partial charge in [0.2, 0.25) is 5.91 Å². The first-order valence-corrected chi connectivity index (χ1v) is 11.8. The molecule has 0 aliphatic carbocycles. The quantitative estimate of drug-likeness (QED) is 0.554. The Balaban J connectivity index is 1.33. The minimum absolute atomic E-state index is 0.0549. The van der Waals surface area contributed by atoms with Gasteiger partial charge >= 0.3 is 0 Å². The molecule has 1 aromatic heterocycles. The summed E-state index contributed by atoms with van der Waals surface area (Å²) in [7, 11) is 0. The summed E-state index contributed by atoms with van der Waals surface area (Å²) in [6, 6.07) is 14.7. The molecule has 1 N–H and O–H groups in total. The Morgan fingerprint density at radius 3 is 2.58 bits per heavy atom. The second kappa shape index (κ2) is 10.6. The third-order valence-electron chi connectivity index (χ3n) is 5.65. The highest BCUT2D eigenvalue weighted by Crippen LogP contribution is 2.24. The number of aromatic nitrogens is 1. The predicted octanol–water partition coefficient (Wildman–Crippen LogP) is 5.18. The van der Waals surface area contributed by atoms with Gasteiger partial charge < -0.3 is 5.32 Å². The van der Waals surface area contributed by atoms with Crippen molar-refractivity contribution in [3.8, 4) is 10.6 Å². The van der Waals surface area contributed by atoms with E-state index in [-0.39, 0.29) is 18.1 Å². The van der Waals surface area contributed by atoms with E-state index in [4.69, 9.17) is 0 Å². The molecule has 4 nitrogen and oxygen atoms in total. The maximum atomic E-state index is 13.4. The highest BCUT2D eigenvalue weighted by molar-refractivity contribution is 7.13. The van der Waals surface area contributed by atoms with Crippen LogP contribution in [0.15, 0.2) is 53.9 Å². The van der Waals surface area contributed by atoms with Crippen LogP contribution in [0.5, 0.6) is 0 Å². The summed E-state index contributed by atoms with van der Waals surface area (Å²) >= 11 is 1.43. The molecule has 1 saturated heterocycles. The lowest BCUT2D eigenvalue weighted by Crippen LogP contribution is -2.27. The van der Waals surface area contributed by atoms with Crippen LogP contribution in [0.4, 0.5) is 4.39 Å². The van der Waals surface area contributed by atoms with Crippen molar-refractivity contribution in [3.05, 3.63) is 76.5 Å².